The topological polar surface area (TPSA) is 18.5 Å². The van der Waals surface area contributed by atoms with Crippen LogP contribution in [0.25, 0.3) is 44.5 Å². The molecule has 0 radical (unpaired) electrons. The monoisotopic (exact) mass is 488 g/mol. The van der Waals surface area contributed by atoms with Crippen molar-refractivity contribution in [3.05, 3.63) is 121 Å². The normalized spacial score (nSPS) is 10.8. The molecule has 0 aliphatic carbocycles. The van der Waals surface area contributed by atoms with Crippen molar-refractivity contribution < 1.29 is 13.9 Å². The first-order chi connectivity index (χ1) is 18.2. The Kier molecular flexibility index (Phi) is 7.32. The molecule has 0 spiro atoms. The Hall–Kier alpha value is -4.37. The summed E-state index contributed by atoms with van der Waals surface area (Å²) in [4.78, 5) is 0. The minimum absolute atomic E-state index is 0.261. The minimum atomic E-state index is -0.261. The van der Waals surface area contributed by atoms with Gasteiger partial charge in [0, 0.05) is 11.1 Å². The first-order valence-corrected chi connectivity index (χ1v) is 12.6. The lowest BCUT2D eigenvalue weighted by atomic mass is 9.89. The molecule has 0 heterocycles. The second-order valence-corrected chi connectivity index (χ2v) is 8.71. The summed E-state index contributed by atoms with van der Waals surface area (Å²) in [5, 5.41) is 0. The van der Waals surface area contributed by atoms with Crippen molar-refractivity contribution in [1.29, 1.82) is 0 Å². The Bertz CT molecular complexity index is 1460. The summed E-state index contributed by atoms with van der Waals surface area (Å²) in [7, 11) is 0. The number of benzene rings is 5. The molecule has 0 atom stereocenters. The second-order valence-electron chi connectivity index (χ2n) is 8.71. The van der Waals surface area contributed by atoms with E-state index in [0.29, 0.717) is 13.2 Å². The van der Waals surface area contributed by atoms with Gasteiger partial charge in [-0.1, -0.05) is 84.9 Å². The van der Waals surface area contributed by atoms with Crippen molar-refractivity contribution in [2.24, 2.45) is 0 Å². The Morgan fingerprint density at radius 1 is 0.486 bits per heavy atom. The molecule has 0 bridgehead atoms. The Balaban J connectivity index is 1.68. The maximum absolute atomic E-state index is 13.7. The van der Waals surface area contributed by atoms with Gasteiger partial charge in [0.15, 0.2) is 0 Å². The van der Waals surface area contributed by atoms with E-state index in [-0.39, 0.29) is 5.82 Å². The lowest BCUT2D eigenvalue weighted by Crippen LogP contribution is -1.99. The van der Waals surface area contributed by atoms with Crippen LogP contribution in [0.3, 0.4) is 0 Å². The zero-order chi connectivity index (χ0) is 25.6. The Labute approximate surface area is 218 Å². The molecule has 5 rings (SSSR count). The van der Waals surface area contributed by atoms with E-state index in [4.69, 9.17) is 9.47 Å². The molecule has 0 N–H and O–H groups in total. The van der Waals surface area contributed by atoms with Gasteiger partial charge >= 0.3 is 0 Å². The fourth-order valence-corrected chi connectivity index (χ4v) is 4.62. The van der Waals surface area contributed by atoms with E-state index >= 15 is 0 Å². The molecule has 3 heteroatoms. The van der Waals surface area contributed by atoms with Gasteiger partial charge in [0.1, 0.15) is 17.3 Å². The largest absolute Gasteiger partial charge is 0.494 e. The molecule has 5 aromatic carbocycles. The van der Waals surface area contributed by atoms with Crippen LogP contribution in [0.1, 0.15) is 13.8 Å². The average molecular weight is 489 g/mol. The molecule has 37 heavy (non-hydrogen) atoms. The van der Waals surface area contributed by atoms with Crippen molar-refractivity contribution in [1.82, 2.24) is 0 Å². The van der Waals surface area contributed by atoms with Crippen LogP contribution in [-0.2, 0) is 0 Å². The van der Waals surface area contributed by atoms with E-state index in [9.17, 15) is 4.39 Å². The molecule has 0 amide bonds. The molecule has 0 fully saturated rings. The van der Waals surface area contributed by atoms with Crippen molar-refractivity contribution >= 4 is 0 Å². The van der Waals surface area contributed by atoms with Crippen LogP contribution in [-0.4, -0.2) is 13.2 Å². The quantitative estimate of drug-likeness (QED) is 0.217. The third-order valence-electron chi connectivity index (χ3n) is 6.36. The predicted molar refractivity (Wildman–Crippen MR) is 150 cm³/mol. The maximum atomic E-state index is 13.7. The lowest BCUT2D eigenvalue weighted by molar-refractivity contribution is 0.340. The van der Waals surface area contributed by atoms with Crippen LogP contribution in [0.15, 0.2) is 115 Å². The molecular formula is C34H29FO2. The van der Waals surface area contributed by atoms with E-state index in [1.54, 1.807) is 12.1 Å². The van der Waals surface area contributed by atoms with Gasteiger partial charge in [0.25, 0.3) is 0 Å². The second kappa shape index (κ2) is 11.1. The average Bonchev–Trinajstić information content (AvgIpc) is 2.95. The summed E-state index contributed by atoms with van der Waals surface area (Å²) in [6.07, 6.45) is 0. The molecule has 0 saturated heterocycles. The summed E-state index contributed by atoms with van der Waals surface area (Å²) in [6, 6.07) is 37.8. The lowest BCUT2D eigenvalue weighted by Gasteiger charge is -2.20. The Morgan fingerprint density at radius 3 is 1.65 bits per heavy atom. The van der Waals surface area contributed by atoms with Crippen molar-refractivity contribution in [3.63, 3.8) is 0 Å². The van der Waals surface area contributed by atoms with Gasteiger partial charge < -0.3 is 9.47 Å². The van der Waals surface area contributed by atoms with Crippen LogP contribution < -0.4 is 9.47 Å². The highest BCUT2D eigenvalue weighted by atomic mass is 19.1. The molecule has 0 aromatic heterocycles. The van der Waals surface area contributed by atoms with E-state index in [1.807, 2.05) is 32.0 Å². The highest BCUT2D eigenvalue weighted by Gasteiger charge is 2.19. The summed E-state index contributed by atoms with van der Waals surface area (Å²) in [6.45, 7) is 5.08. The fourth-order valence-electron chi connectivity index (χ4n) is 4.62. The highest BCUT2D eigenvalue weighted by Crippen LogP contribution is 2.46. The van der Waals surface area contributed by atoms with Crippen LogP contribution >= 0.6 is 0 Å². The molecule has 5 aromatic rings. The summed E-state index contributed by atoms with van der Waals surface area (Å²) in [5.41, 5.74) is 8.37. The summed E-state index contributed by atoms with van der Waals surface area (Å²) < 4.78 is 25.7. The molecule has 0 saturated carbocycles. The number of halogens is 1. The van der Waals surface area contributed by atoms with Gasteiger partial charge in [-0.15, -0.1) is 0 Å². The third kappa shape index (κ3) is 5.26. The van der Waals surface area contributed by atoms with Gasteiger partial charge in [0.05, 0.1) is 13.2 Å². The molecule has 0 unspecified atom stereocenters. The first-order valence-electron chi connectivity index (χ1n) is 12.6. The van der Waals surface area contributed by atoms with Crippen molar-refractivity contribution in [3.8, 4) is 56.0 Å². The first kappa shape index (κ1) is 24.3. The van der Waals surface area contributed by atoms with Crippen molar-refractivity contribution in [2.45, 2.75) is 13.8 Å². The van der Waals surface area contributed by atoms with Gasteiger partial charge in [-0.05, 0) is 77.6 Å². The zero-order valence-electron chi connectivity index (χ0n) is 21.1. The van der Waals surface area contributed by atoms with Gasteiger partial charge in [-0.25, -0.2) is 4.39 Å². The number of hydrogen-bond acceptors (Lipinski definition) is 2. The van der Waals surface area contributed by atoms with Crippen molar-refractivity contribution in [2.75, 3.05) is 13.2 Å². The van der Waals surface area contributed by atoms with Crippen LogP contribution in [0.4, 0.5) is 4.39 Å². The van der Waals surface area contributed by atoms with Gasteiger partial charge in [0.2, 0.25) is 0 Å². The fraction of sp³-hybridized carbons (Fsp3) is 0.118. The smallest absolute Gasteiger partial charge is 0.135 e. The number of hydrogen-bond donors (Lipinski definition) is 0. The molecule has 0 aliphatic rings. The van der Waals surface area contributed by atoms with Crippen LogP contribution in [0.5, 0.6) is 11.5 Å². The summed E-state index contributed by atoms with van der Waals surface area (Å²) >= 11 is 0. The maximum Gasteiger partial charge on any atom is 0.135 e. The van der Waals surface area contributed by atoms with Crippen LogP contribution in [0, 0.1) is 5.82 Å². The summed E-state index contributed by atoms with van der Waals surface area (Å²) in [5.74, 6) is 1.35. The number of rotatable bonds is 8. The zero-order valence-corrected chi connectivity index (χ0v) is 21.1. The molecule has 2 nitrogen and oxygen atoms in total. The van der Waals surface area contributed by atoms with Gasteiger partial charge in [-0.3, -0.25) is 0 Å². The van der Waals surface area contributed by atoms with E-state index in [1.165, 1.54) is 23.3 Å². The predicted octanol–water partition coefficient (Wildman–Crippen LogP) is 9.29. The SMILES string of the molecule is CCOc1ccc(-c2c(-c3ccc(-c4ccccc4)cc3)ccc(-c3ccc(F)cc3)c2OCC)cc1. The van der Waals surface area contributed by atoms with E-state index in [0.717, 1.165) is 44.9 Å². The number of ether oxygens (including phenoxy) is 2. The molecular weight excluding hydrogens is 459 g/mol. The Morgan fingerprint density at radius 2 is 1.00 bits per heavy atom. The van der Waals surface area contributed by atoms with E-state index in [2.05, 4.69) is 72.8 Å². The standard InChI is InChI=1S/C34H29FO2/c1-3-36-30-20-16-28(17-21-30)33-31(26-12-10-25(11-13-26)24-8-6-5-7-9-24)22-23-32(34(33)37-4-2)27-14-18-29(35)19-15-27/h5-23H,3-4H2,1-2H3. The molecule has 184 valence electrons. The van der Waals surface area contributed by atoms with Crippen LogP contribution in [0.2, 0.25) is 0 Å². The minimum Gasteiger partial charge on any atom is -0.494 e. The highest BCUT2D eigenvalue weighted by molar-refractivity contribution is 5.93. The van der Waals surface area contributed by atoms with E-state index < -0.39 is 0 Å². The third-order valence-corrected chi connectivity index (χ3v) is 6.36. The molecule has 0 aliphatic heterocycles. The van der Waals surface area contributed by atoms with Gasteiger partial charge in [-0.2, -0.15) is 0 Å².